The molecule has 2 aromatic carbocycles. The van der Waals surface area contributed by atoms with Crippen LogP contribution in [0.5, 0.6) is 0 Å². The van der Waals surface area contributed by atoms with Crippen molar-refractivity contribution in [3.63, 3.8) is 0 Å². The predicted octanol–water partition coefficient (Wildman–Crippen LogP) is 5.37. The summed E-state index contributed by atoms with van der Waals surface area (Å²) in [6.07, 6.45) is 20.0. The standard InChI is InChI=1S/C30H43N3O3S2.Na/c1-2-3-4-5-6-7-8-9-10-11-12-13-14-19-24-33-27-21-16-17-22-28(27)37-30(33)32-31-25-26-20-15-18-23-29(26)38(34,35)36;/h15-18,20-23,25H,2-14,19,24H2,1H3,(H,34,35,36);/q;+1/b31-25+,32-30-;. The molecule has 1 N–H and O–H groups in total. The van der Waals surface area contributed by atoms with Crippen LogP contribution in [-0.4, -0.2) is 23.8 Å². The number of hydrogen-bond acceptors (Lipinski definition) is 5. The van der Waals surface area contributed by atoms with Crippen molar-refractivity contribution in [1.82, 2.24) is 4.57 Å². The molecule has 1 heterocycles. The van der Waals surface area contributed by atoms with Gasteiger partial charge in [-0.25, -0.2) is 0 Å². The molecule has 0 radical (unpaired) electrons. The Labute approximate surface area is 260 Å². The number of thiazole rings is 1. The first-order chi connectivity index (χ1) is 18.5. The van der Waals surface area contributed by atoms with Gasteiger partial charge in [0.25, 0.3) is 10.1 Å². The molecule has 1 aromatic heterocycles. The summed E-state index contributed by atoms with van der Waals surface area (Å²) in [4.78, 5) is 0.604. The van der Waals surface area contributed by atoms with E-state index in [2.05, 4.69) is 33.8 Å². The zero-order valence-electron chi connectivity index (χ0n) is 23.7. The third kappa shape index (κ3) is 12.0. The Morgan fingerprint density at radius 2 is 1.33 bits per heavy atom. The Morgan fingerprint density at radius 1 is 0.795 bits per heavy atom. The fourth-order valence-corrected chi connectivity index (χ4v) is 6.42. The molecule has 0 bridgehead atoms. The minimum absolute atomic E-state index is 0. The molecule has 0 unspecified atom stereocenters. The number of rotatable bonds is 18. The summed E-state index contributed by atoms with van der Waals surface area (Å²) >= 11 is 1.57. The van der Waals surface area contributed by atoms with Gasteiger partial charge in [0.2, 0.25) is 4.80 Å². The van der Waals surface area contributed by atoms with Crippen LogP contribution in [0.15, 0.2) is 63.6 Å². The molecule has 0 aliphatic rings. The molecule has 0 saturated heterocycles. The number of aromatic nitrogens is 1. The van der Waals surface area contributed by atoms with Crippen LogP contribution in [0.25, 0.3) is 10.2 Å². The van der Waals surface area contributed by atoms with Gasteiger partial charge in [-0.3, -0.25) is 4.55 Å². The van der Waals surface area contributed by atoms with Crippen molar-refractivity contribution in [2.45, 2.75) is 108 Å². The van der Waals surface area contributed by atoms with Crippen molar-refractivity contribution in [3.8, 4) is 0 Å². The molecule has 3 aromatic rings. The predicted molar refractivity (Wildman–Crippen MR) is 160 cm³/mol. The third-order valence-electron chi connectivity index (χ3n) is 6.86. The number of unbranched alkanes of at least 4 members (excludes halogenated alkanes) is 13. The molecule has 0 aliphatic carbocycles. The molecule has 0 saturated carbocycles. The fraction of sp³-hybridized carbons (Fsp3) is 0.533. The van der Waals surface area contributed by atoms with Crippen molar-refractivity contribution in [2.75, 3.05) is 0 Å². The van der Waals surface area contributed by atoms with Gasteiger partial charge < -0.3 is 4.57 Å². The number of aryl methyl sites for hydroxylation is 1. The number of para-hydroxylation sites is 1. The molecule has 0 aliphatic heterocycles. The van der Waals surface area contributed by atoms with Gasteiger partial charge in [0.05, 0.1) is 16.4 Å². The van der Waals surface area contributed by atoms with Gasteiger partial charge in [0.1, 0.15) is 4.90 Å². The molecule has 9 heteroatoms. The van der Waals surface area contributed by atoms with E-state index in [9.17, 15) is 13.0 Å². The van der Waals surface area contributed by atoms with E-state index in [1.54, 1.807) is 29.5 Å². The van der Waals surface area contributed by atoms with E-state index < -0.39 is 10.1 Å². The molecular weight excluding hydrogens is 537 g/mol. The van der Waals surface area contributed by atoms with Crippen molar-refractivity contribution >= 4 is 37.9 Å². The zero-order valence-corrected chi connectivity index (χ0v) is 27.4. The van der Waals surface area contributed by atoms with E-state index in [0.717, 1.165) is 28.0 Å². The monoisotopic (exact) mass is 580 g/mol. The minimum Gasteiger partial charge on any atom is -0.315 e. The SMILES string of the molecule is CCCCCCCCCCCCCCCCn1/c(=N/N=C/c2ccccc2S(=O)(=O)O)sc2ccccc21.[Na+]. The van der Waals surface area contributed by atoms with E-state index in [4.69, 9.17) is 0 Å². The molecule has 208 valence electrons. The maximum Gasteiger partial charge on any atom is 1.00 e. The quantitative estimate of drug-likeness (QED) is 0.0722. The molecule has 39 heavy (non-hydrogen) atoms. The summed E-state index contributed by atoms with van der Waals surface area (Å²) in [6, 6.07) is 14.4. The maximum absolute atomic E-state index is 11.6. The van der Waals surface area contributed by atoms with E-state index in [0.29, 0.717) is 5.56 Å². The summed E-state index contributed by atoms with van der Waals surface area (Å²) in [5, 5.41) is 8.59. The summed E-state index contributed by atoms with van der Waals surface area (Å²) < 4.78 is 36.1. The molecular formula is C30H43N3NaO3S2+. The summed E-state index contributed by atoms with van der Waals surface area (Å²) in [7, 11) is -4.32. The van der Waals surface area contributed by atoms with E-state index in [-0.39, 0.29) is 34.5 Å². The van der Waals surface area contributed by atoms with Crippen molar-refractivity contribution < 1.29 is 42.5 Å². The molecule has 0 fully saturated rings. The first-order valence-corrected chi connectivity index (χ1v) is 16.5. The number of fused-ring (bicyclic) bond motifs is 1. The van der Waals surface area contributed by atoms with Gasteiger partial charge in [0, 0.05) is 12.1 Å². The summed E-state index contributed by atoms with van der Waals surface area (Å²) in [5.41, 5.74) is 1.44. The molecule has 0 atom stereocenters. The topological polar surface area (TPSA) is 84.0 Å². The average molecular weight is 581 g/mol. The molecule has 0 amide bonds. The fourth-order valence-electron chi connectivity index (χ4n) is 4.74. The van der Waals surface area contributed by atoms with E-state index >= 15 is 0 Å². The van der Waals surface area contributed by atoms with Crippen LogP contribution in [0.2, 0.25) is 0 Å². The third-order valence-corrected chi connectivity index (χ3v) is 8.84. The van der Waals surface area contributed by atoms with Gasteiger partial charge in [-0.2, -0.15) is 13.5 Å². The van der Waals surface area contributed by atoms with Crippen LogP contribution >= 0.6 is 11.3 Å². The largest absolute Gasteiger partial charge is 1.00 e. The van der Waals surface area contributed by atoms with Crippen LogP contribution in [0.1, 0.15) is 102 Å². The Morgan fingerprint density at radius 3 is 1.95 bits per heavy atom. The van der Waals surface area contributed by atoms with Crippen LogP contribution in [0.3, 0.4) is 0 Å². The number of benzene rings is 2. The molecule has 6 nitrogen and oxygen atoms in total. The van der Waals surface area contributed by atoms with E-state index in [1.165, 1.54) is 95.8 Å². The van der Waals surface area contributed by atoms with E-state index in [1.807, 2.05) is 12.1 Å². The zero-order chi connectivity index (χ0) is 27.1. The summed E-state index contributed by atoms with van der Waals surface area (Å²) in [5.74, 6) is 0. The minimum atomic E-state index is -4.32. The van der Waals surface area contributed by atoms with Crippen LogP contribution in [0, 0.1) is 0 Å². The normalized spacial score (nSPS) is 12.4. The van der Waals surface area contributed by atoms with Crippen LogP contribution in [0.4, 0.5) is 0 Å². The number of hydrogen-bond donors (Lipinski definition) is 1. The second kappa shape index (κ2) is 18.9. The van der Waals surface area contributed by atoms with Gasteiger partial charge in [0.15, 0.2) is 0 Å². The van der Waals surface area contributed by atoms with Gasteiger partial charge in [-0.1, -0.05) is 132 Å². The van der Waals surface area contributed by atoms with Gasteiger partial charge in [-0.15, -0.1) is 5.10 Å². The second-order valence-corrected chi connectivity index (χ2v) is 12.4. The number of nitrogens with zero attached hydrogens (tertiary/aromatic N) is 3. The average Bonchev–Trinajstić information content (AvgIpc) is 3.26. The van der Waals surface area contributed by atoms with Crippen molar-refractivity contribution in [3.05, 3.63) is 58.9 Å². The van der Waals surface area contributed by atoms with Gasteiger partial charge in [-0.05, 0) is 24.6 Å². The Kier molecular flexibility index (Phi) is 16.5. The second-order valence-electron chi connectivity index (χ2n) is 9.96. The van der Waals surface area contributed by atoms with Crippen molar-refractivity contribution in [2.24, 2.45) is 10.2 Å². The Balaban J connectivity index is 0.00000533. The smallest absolute Gasteiger partial charge is 0.315 e. The van der Waals surface area contributed by atoms with Crippen LogP contribution in [-0.2, 0) is 16.7 Å². The molecule has 3 rings (SSSR count). The van der Waals surface area contributed by atoms with Gasteiger partial charge >= 0.3 is 29.6 Å². The Bertz CT molecular complexity index is 1320. The van der Waals surface area contributed by atoms with Crippen LogP contribution < -0.4 is 34.4 Å². The maximum atomic E-state index is 11.6. The van der Waals surface area contributed by atoms with Crippen molar-refractivity contribution in [1.29, 1.82) is 0 Å². The molecule has 0 spiro atoms. The first kappa shape index (κ1) is 33.9. The Hall–Kier alpha value is -1.29. The summed E-state index contributed by atoms with van der Waals surface area (Å²) in [6.45, 7) is 3.14. The first-order valence-electron chi connectivity index (χ1n) is 14.2.